The van der Waals surface area contributed by atoms with Crippen molar-refractivity contribution in [1.29, 1.82) is 0 Å². The summed E-state index contributed by atoms with van der Waals surface area (Å²) in [6.07, 6.45) is 4.44. The number of amides is 2. The Labute approximate surface area is 112 Å². The van der Waals surface area contributed by atoms with Gasteiger partial charge in [-0.2, -0.15) is 0 Å². The van der Waals surface area contributed by atoms with E-state index in [-0.39, 0.29) is 6.54 Å². The number of hydrogen-bond acceptors (Lipinski definition) is 3. The Balaban J connectivity index is 2.22. The average molecular weight is 268 g/mol. The van der Waals surface area contributed by atoms with E-state index in [1.807, 2.05) is 6.20 Å². The van der Waals surface area contributed by atoms with Crippen LogP contribution < -0.4 is 10.6 Å². The van der Waals surface area contributed by atoms with Crippen LogP contribution in [-0.2, 0) is 11.3 Å². The summed E-state index contributed by atoms with van der Waals surface area (Å²) < 4.78 is 2.06. The summed E-state index contributed by atoms with van der Waals surface area (Å²) in [7, 11) is 0. The predicted molar refractivity (Wildman–Crippen MR) is 70.0 cm³/mol. The van der Waals surface area contributed by atoms with Crippen LogP contribution in [0.5, 0.6) is 0 Å². The van der Waals surface area contributed by atoms with Gasteiger partial charge in [0.15, 0.2) is 0 Å². The minimum atomic E-state index is -1.06. The van der Waals surface area contributed by atoms with Crippen LogP contribution in [0.15, 0.2) is 12.4 Å². The highest BCUT2D eigenvalue weighted by atomic mass is 16.4. The van der Waals surface area contributed by atoms with Crippen molar-refractivity contribution < 1.29 is 14.7 Å². The largest absolute Gasteiger partial charge is 0.480 e. The Kier molecular flexibility index (Phi) is 5.84. The van der Waals surface area contributed by atoms with Gasteiger partial charge >= 0.3 is 12.0 Å². The number of urea groups is 1. The summed E-state index contributed by atoms with van der Waals surface area (Å²) in [6.45, 7) is 5.05. The molecule has 0 aliphatic heterocycles. The number of nitrogens with zero attached hydrogens (tertiary/aromatic N) is 2. The molecule has 1 heterocycles. The third-order valence-electron chi connectivity index (χ3n) is 2.53. The molecule has 0 saturated carbocycles. The van der Waals surface area contributed by atoms with Gasteiger partial charge in [-0.05, 0) is 6.42 Å². The number of rotatable bonds is 7. The van der Waals surface area contributed by atoms with Crippen LogP contribution in [0.3, 0.4) is 0 Å². The molecule has 1 aromatic rings. The number of carboxylic acids is 1. The fraction of sp³-hybridized carbons (Fsp3) is 0.583. The molecule has 0 saturated heterocycles. The second kappa shape index (κ2) is 7.40. The molecule has 0 bridgehead atoms. The lowest BCUT2D eigenvalue weighted by molar-refractivity contribution is -0.135. The van der Waals surface area contributed by atoms with Crippen LogP contribution in [0.4, 0.5) is 4.79 Å². The van der Waals surface area contributed by atoms with E-state index in [0.717, 1.165) is 18.8 Å². The van der Waals surface area contributed by atoms with Gasteiger partial charge in [-0.15, -0.1) is 0 Å². The number of aryl methyl sites for hydroxylation is 1. The lowest BCUT2D eigenvalue weighted by atomic mass is 10.2. The van der Waals surface area contributed by atoms with E-state index >= 15 is 0 Å². The summed E-state index contributed by atoms with van der Waals surface area (Å²) in [5.74, 6) is 0.326. The van der Waals surface area contributed by atoms with Crippen molar-refractivity contribution in [1.82, 2.24) is 20.2 Å². The quantitative estimate of drug-likeness (QED) is 0.637. The summed E-state index contributed by atoms with van der Waals surface area (Å²) in [5, 5.41) is 13.2. The Hall–Kier alpha value is -2.05. The normalized spacial score (nSPS) is 10.5. The highest BCUT2D eigenvalue weighted by Gasteiger charge is 2.07. The number of imidazole rings is 1. The van der Waals surface area contributed by atoms with Gasteiger partial charge in [0, 0.05) is 31.4 Å². The number of carboxylic acid groups (broad SMARTS) is 1. The first-order chi connectivity index (χ1) is 9.00. The molecule has 0 atom stereocenters. The van der Waals surface area contributed by atoms with Crippen LogP contribution >= 0.6 is 0 Å². The van der Waals surface area contributed by atoms with E-state index < -0.39 is 12.0 Å². The third kappa shape index (κ3) is 5.41. The van der Waals surface area contributed by atoms with Crippen LogP contribution in [0.1, 0.15) is 32.0 Å². The standard InChI is InChI=1S/C12H20N4O3/c1-9(2)11-13-5-7-16(11)6-3-4-14-12(19)15-8-10(17)18/h5,7,9H,3-4,6,8H2,1-2H3,(H,17,18)(H2,14,15,19). The average Bonchev–Trinajstić information content (AvgIpc) is 2.80. The summed E-state index contributed by atoms with van der Waals surface area (Å²) in [4.78, 5) is 25.7. The van der Waals surface area contributed by atoms with E-state index in [0.29, 0.717) is 12.5 Å². The molecule has 0 radical (unpaired) electrons. The molecule has 0 unspecified atom stereocenters. The molecule has 1 rings (SSSR count). The van der Waals surface area contributed by atoms with Gasteiger partial charge in [0.25, 0.3) is 0 Å². The predicted octanol–water partition coefficient (Wildman–Crippen LogP) is 0.780. The van der Waals surface area contributed by atoms with Gasteiger partial charge in [0.2, 0.25) is 0 Å². The van der Waals surface area contributed by atoms with Crippen LogP contribution in [0.2, 0.25) is 0 Å². The first kappa shape index (κ1) is 15.0. The molecule has 106 valence electrons. The van der Waals surface area contributed by atoms with Crippen LogP contribution in [0.25, 0.3) is 0 Å². The fourth-order valence-electron chi connectivity index (χ4n) is 1.68. The molecular weight excluding hydrogens is 248 g/mol. The first-order valence-electron chi connectivity index (χ1n) is 6.25. The smallest absolute Gasteiger partial charge is 0.323 e. The van der Waals surface area contributed by atoms with Gasteiger partial charge < -0.3 is 20.3 Å². The highest BCUT2D eigenvalue weighted by Crippen LogP contribution is 2.11. The Bertz CT molecular complexity index is 428. The number of aromatic nitrogens is 2. The lowest BCUT2D eigenvalue weighted by Crippen LogP contribution is -2.39. The van der Waals surface area contributed by atoms with Crippen LogP contribution in [0, 0.1) is 0 Å². The highest BCUT2D eigenvalue weighted by molar-refractivity contribution is 5.79. The second-order valence-electron chi connectivity index (χ2n) is 4.49. The Morgan fingerprint density at radius 3 is 2.79 bits per heavy atom. The number of nitrogens with one attached hydrogen (secondary N) is 2. The molecule has 1 aromatic heterocycles. The van der Waals surface area contributed by atoms with Crippen molar-refractivity contribution in [3.05, 3.63) is 18.2 Å². The second-order valence-corrected chi connectivity index (χ2v) is 4.49. The zero-order valence-corrected chi connectivity index (χ0v) is 11.2. The van der Waals surface area contributed by atoms with E-state index in [1.54, 1.807) is 6.20 Å². The van der Waals surface area contributed by atoms with Gasteiger partial charge in [-0.3, -0.25) is 4.79 Å². The van der Waals surface area contributed by atoms with Crippen LogP contribution in [-0.4, -0.2) is 39.7 Å². The maximum atomic E-state index is 11.2. The van der Waals surface area contributed by atoms with E-state index in [1.165, 1.54) is 0 Å². The molecule has 0 aromatic carbocycles. The third-order valence-corrected chi connectivity index (χ3v) is 2.53. The molecule has 19 heavy (non-hydrogen) atoms. The Morgan fingerprint density at radius 1 is 1.42 bits per heavy atom. The lowest BCUT2D eigenvalue weighted by Gasteiger charge is -2.10. The van der Waals surface area contributed by atoms with Crippen molar-refractivity contribution in [2.24, 2.45) is 0 Å². The number of aliphatic carboxylic acids is 1. The van der Waals surface area contributed by atoms with Gasteiger partial charge in [0.1, 0.15) is 12.4 Å². The first-order valence-corrected chi connectivity index (χ1v) is 6.25. The number of carbonyl (C=O) groups is 2. The molecule has 2 amide bonds. The summed E-state index contributed by atoms with van der Waals surface area (Å²) >= 11 is 0. The monoisotopic (exact) mass is 268 g/mol. The van der Waals surface area contributed by atoms with Gasteiger partial charge in [-0.25, -0.2) is 9.78 Å². The van der Waals surface area contributed by atoms with Crippen molar-refractivity contribution in [3.8, 4) is 0 Å². The molecule has 7 nitrogen and oxygen atoms in total. The molecule has 0 aliphatic carbocycles. The topological polar surface area (TPSA) is 96.3 Å². The maximum Gasteiger partial charge on any atom is 0.323 e. The van der Waals surface area contributed by atoms with Crippen molar-refractivity contribution >= 4 is 12.0 Å². The zero-order valence-electron chi connectivity index (χ0n) is 11.2. The summed E-state index contributed by atoms with van der Waals surface area (Å²) in [5.41, 5.74) is 0. The molecular formula is C12H20N4O3. The van der Waals surface area contributed by atoms with E-state index in [9.17, 15) is 9.59 Å². The Morgan fingerprint density at radius 2 is 2.16 bits per heavy atom. The van der Waals surface area contributed by atoms with Crippen molar-refractivity contribution in [2.75, 3.05) is 13.1 Å². The molecule has 0 aliphatic rings. The molecule has 7 heteroatoms. The molecule has 0 spiro atoms. The SMILES string of the molecule is CC(C)c1nccn1CCCNC(=O)NCC(=O)O. The molecule has 3 N–H and O–H groups in total. The number of hydrogen-bond donors (Lipinski definition) is 3. The zero-order chi connectivity index (χ0) is 14.3. The number of carbonyl (C=O) groups excluding carboxylic acids is 1. The van der Waals surface area contributed by atoms with E-state index in [2.05, 4.69) is 34.0 Å². The van der Waals surface area contributed by atoms with Crippen molar-refractivity contribution in [3.63, 3.8) is 0 Å². The fourth-order valence-corrected chi connectivity index (χ4v) is 1.68. The van der Waals surface area contributed by atoms with Gasteiger partial charge in [0.05, 0.1) is 0 Å². The molecule has 0 fully saturated rings. The summed E-state index contributed by atoms with van der Waals surface area (Å²) in [6, 6.07) is -0.461. The van der Waals surface area contributed by atoms with Crippen molar-refractivity contribution in [2.45, 2.75) is 32.7 Å². The maximum absolute atomic E-state index is 11.2. The minimum absolute atomic E-state index is 0.363. The minimum Gasteiger partial charge on any atom is -0.480 e. The van der Waals surface area contributed by atoms with E-state index in [4.69, 9.17) is 5.11 Å². The van der Waals surface area contributed by atoms with Gasteiger partial charge in [-0.1, -0.05) is 13.8 Å².